The fourth-order valence-electron chi connectivity index (χ4n) is 3.67. The molecule has 4 rings (SSSR count). The van der Waals surface area contributed by atoms with Crippen LogP contribution in [0, 0.1) is 5.92 Å². The molecule has 0 aromatic carbocycles. The molecule has 2 N–H and O–H groups in total. The maximum atomic E-state index is 5.78. The molecular weight excluding hydrogens is 493 g/mol. The quantitative estimate of drug-likeness (QED) is 0.296. The fraction of sp³-hybridized carbons (Fsp3) is 0.545. The standard InChI is InChI=1S/C22H31N5O2.HI/c1-23-22(25-14-18-8-9-24-21(13-18)29-16-17-6-7-17)26-15-19(20-5-4-12-28-20)27-10-2-3-11-27;/h4-5,8-9,12-13,17,19H,2-3,6-7,10-11,14-16H2,1H3,(H2,23,25,26);1H. The minimum atomic E-state index is 0. The number of pyridine rings is 1. The molecule has 1 aliphatic heterocycles. The molecule has 8 heteroatoms. The lowest BCUT2D eigenvalue weighted by Gasteiger charge is -2.26. The van der Waals surface area contributed by atoms with Crippen molar-refractivity contribution in [3.05, 3.63) is 48.0 Å². The van der Waals surface area contributed by atoms with Crippen LogP contribution in [0.15, 0.2) is 46.1 Å². The van der Waals surface area contributed by atoms with Gasteiger partial charge < -0.3 is 19.8 Å². The highest BCUT2D eigenvalue weighted by Crippen LogP contribution is 2.29. The summed E-state index contributed by atoms with van der Waals surface area (Å²) in [6.45, 7) is 4.41. The number of guanidine groups is 1. The second-order valence-electron chi connectivity index (χ2n) is 7.84. The van der Waals surface area contributed by atoms with Crippen LogP contribution in [0.4, 0.5) is 0 Å². The van der Waals surface area contributed by atoms with Gasteiger partial charge in [-0.2, -0.15) is 0 Å². The smallest absolute Gasteiger partial charge is 0.213 e. The third kappa shape index (κ3) is 6.60. The maximum Gasteiger partial charge on any atom is 0.213 e. The lowest BCUT2D eigenvalue weighted by Crippen LogP contribution is -2.42. The van der Waals surface area contributed by atoms with Gasteiger partial charge in [0.25, 0.3) is 0 Å². The number of aromatic nitrogens is 1. The molecule has 2 aliphatic rings. The molecule has 0 radical (unpaired) electrons. The van der Waals surface area contributed by atoms with Crippen LogP contribution in [0.2, 0.25) is 0 Å². The van der Waals surface area contributed by atoms with Crippen LogP contribution in [0.5, 0.6) is 5.88 Å². The van der Waals surface area contributed by atoms with Crippen molar-refractivity contribution in [2.45, 2.75) is 38.3 Å². The van der Waals surface area contributed by atoms with Gasteiger partial charge in [-0.3, -0.25) is 9.89 Å². The van der Waals surface area contributed by atoms with Crippen molar-refractivity contribution in [3.63, 3.8) is 0 Å². The van der Waals surface area contributed by atoms with E-state index < -0.39 is 0 Å². The van der Waals surface area contributed by atoms with Crippen molar-refractivity contribution in [2.24, 2.45) is 10.9 Å². The van der Waals surface area contributed by atoms with E-state index in [-0.39, 0.29) is 30.0 Å². The summed E-state index contributed by atoms with van der Waals surface area (Å²) in [7, 11) is 1.80. The number of nitrogens with zero attached hydrogens (tertiary/aromatic N) is 3. The zero-order chi connectivity index (χ0) is 19.9. The normalized spacial score (nSPS) is 18.0. The molecule has 3 heterocycles. The van der Waals surface area contributed by atoms with Crippen LogP contribution in [0.3, 0.4) is 0 Å². The highest BCUT2D eigenvalue weighted by atomic mass is 127. The average Bonchev–Trinajstić information content (AvgIpc) is 3.18. The van der Waals surface area contributed by atoms with Gasteiger partial charge in [0.15, 0.2) is 5.96 Å². The predicted octanol–water partition coefficient (Wildman–Crippen LogP) is 3.58. The zero-order valence-electron chi connectivity index (χ0n) is 17.5. The average molecular weight is 525 g/mol. The second-order valence-corrected chi connectivity index (χ2v) is 7.84. The molecule has 7 nitrogen and oxygen atoms in total. The number of aliphatic imine (C=N–C) groups is 1. The maximum absolute atomic E-state index is 5.78. The van der Waals surface area contributed by atoms with E-state index >= 15 is 0 Å². The van der Waals surface area contributed by atoms with Crippen molar-refractivity contribution < 1.29 is 9.15 Å². The first kappa shape index (κ1) is 22.9. The molecule has 1 saturated heterocycles. The van der Waals surface area contributed by atoms with Crippen LogP contribution in [0.1, 0.15) is 43.0 Å². The molecule has 0 amide bonds. The first-order valence-corrected chi connectivity index (χ1v) is 10.6. The van der Waals surface area contributed by atoms with Gasteiger partial charge in [0, 0.05) is 32.4 Å². The third-order valence-corrected chi connectivity index (χ3v) is 5.56. The minimum Gasteiger partial charge on any atom is -0.477 e. The van der Waals surface area contributed by atoms with Gasteiger partial charge in [0.2, 0.25) is 5.88 Å². The molecule has 2 fully saturated rings. The van der Waals surface area contributed by atoms with E-state index in [1.54, 1.807) is 19.5 Å². The summed E-state index contributed by atoms with van der Waals surface area (Å²) in [4.78, 5) is 11.2. The molecule has 2 aromatic heterocycles. The molecular formula is C22H32IN5O2. The van der Waals surface area contributed by atoms with Gasteiger partial charge in [-0.1, -0.05) is 0 Å². The first-order chi connectivity index (χ1) is 14.3. The number of ether oxygens (including phenoxy) is 1. The third-order valence-electron chi connectivity index (χ3n) is 5.56. The van der Waals surface area contributed by atoms with Crippen molar-refractivity contribution >= 4 is 29.9 Å². The van der Waals surface area contributed by atoms with E-state index in [1.807, 2.05) is 18.2 Å². The Morgan fingerprint density at radius 3 is 2.83 bits per heavy atom. The number of rotatable bonds is 9. The Labute approximate surface area is 195 Å². The first-order valence-electron chi connectivity index (χ1n) is 10.6. The van der Waals surface area contributed by atoms with Crippen LogP contribution in [-0.2, 0) is 6.54 Å². The van der Waals surface area contributed by atoms with E-state index in [9.17, 15) is 0 Å². The van der Waals surface area contributed by atoms with Crippen molar-refractivity contribution in [1.82, 2.24) is 20.5 Å². The fourth-order valence-corrected chi connectivity index (χ4v) is 3.67. The lowest BCUT2D eigenvalue weighted by atomic mass is 10.2. The molecule has 164 valence electrons. The summed E-state index contributed by atoms with van der Waals surface area (Å²) in [6, 6.07) is 8.23. The van der Waals surface area contributed by atoms with Crippen LogP contribution >= 0.6 is 24.0 Å². The molecule has 1 saturated carbocycles. The molecule has 2 aromatic rings. The van der Waals surface area contributed by atoms with E-state index in [4.69, 9.17) is 9.15 Å². The summed E-state index contributed by atoms with van der Waals surface area (Å²) in [5.74, 6) is 3.20. The van der Waals surface area contributed by atoms with Crippen molar-refractivity contribution in [1.29, 1.82) is 0 Å². The van der Waals surface area contributed by atoms with E-state index in [0.29, 0.717) is 12.4 Å². The van der Waals surface area contributed by atoms with Crippen LogP contribution < -0.4 is 15.4 Å². The topological polar surface area (TPSA) is 74.9 Å². The molecule has 0 spiro atoms. The largest absolute Gasteiger partial charge is 0.477 e. The molecule has 30 heavy (non-hydrogen) atoms. The Bertz CT molecular complexity index is 789. The van der Waals surface area contributed by atoms with E-state index in [2.05, 4.69) is 31.6 Å². The van der Waals surface area contributed by atoms with Crippen molar-refractivity contribution in [2.75, 3.05) is 33.3 Å². The molecule has 1 atom stereocenters. The van der Waals surface area contributed by atoms with E-state index in [0.717, 1.165) is 49.4 Å². The molecule has 0 bridgehead atoms. The van der Waals surface area contributed by atoms with Gasteiger partial charge in [0.1, 0.15) is 5.76 Å². The Morgan fingerprint density at radius 1 is 1.30 bits per heavy atom. The highest BCUT2D eigenvalue weighted by Gasteiger charge is 2.25. The van der Waals surface area contributed by atoms with Gasteiger partial charge in [-0.25, -0.2) is 4.98 Å². The SMILES string of the molecule is CN=C(NCc1ccnc(OCC2CC2)c1)NCC(c1ccco1)N1CCCC1.I. The summed E-state index contributed by atoms with van der Waals surface area (Å²) in [5, 5.41) is 6.85. The number of hydrogen-bond acceptors (Lipinski definition) is 5. The zero-order valence-corrected chi connectivity index (χ0v) is 19.9. The number of halogens is 1. The van der Waals surface area contributed by atoms with Gasteiger partial charge in [0.05, 0.1) is 18.9 Å². The number of likely N-dealkylation sites (tertiary alicyclic amines) is 1. The van der Waals surface area contributed by atoms with Crippen molar-refractivity contribution in [3.8, 4) is 5.88 Å². The monoisotopic (exact) mass is 525 g/mol. The predicted molar refractivity (Wildman–Crippen MR) is 128 cm³/mol. The van der Waals surface area contributed by atoms with Gasteiger partial charge in [-0.05, 0) is 68.5 Å². The minimum absolute atomic E-state index is 0. The highest BCUT2D eigenvalue weighted by molar-refractivity contribution is 14.0. The number of furan rings is 1. The Hall–Kier alpha value is -1.81. The Balaban J connectivity index is 0.00000256. The number of hydrogen-bond donors (Lipinski definition) is 2. The van der Waals surface area contributed by atoms with Gasteiger partial charge >= 0.3 is 0 Å². The van der Waals surface area contributed by atoms with Gasteiger partial charge in [-0.15, -0.1) is 24.0 Å². The number of nitrogens with one attached hydrogen (secondary N) is 2. The Kier molecular flexibility index (Phi) is 8.80. The second kappa shape index (κ2) is 11.5. The molecule has 1 aliphatic carbocycles. The summed E-state index contributed by atoms with van der Waals surface area (Å²) in [6.07, 6.45) is 8.60. The van der Waals surface area contributed by atoms with Crippen LogP contribution in [-0.4, -0.2) is 49.1 Å². The summed E-state index contributed by atoms with van der Waals surface area (Å²) >= 11 is 0. The summed E-state index contributed by atoms with van der Waals surface area (Å²) < 4.78 is 11.5. The molecule has 1 unspecified atom stereocenters. The lowest BCUT2D eigenvalue weighted by molar-refractivity contribution is 0.215. The summed E-state index contributed by atoms with van der Waals surface area (Å²) in [5.41, 5.74) is 1.12. The van der Waals surface area contributed by atoms with Crippen LogP contribution in [0.25, 0.3) is 0 Å². The Morgan fingerprint density at radius 2 is 2.13 bits per heavy atom. The van der Waals surface area contributed by atoms with E-state index in [1.165, 1.54) is 25.7 Å².